The van der Waals surface area contributed by atoms with Gasteiger partial charge in [-0.15, -0.1) is 11.3 Å². The van der Waals surface area contributed by atoms with Crippen LogP contribution in [0.15, 0.2) is 5.38 Å². The maximum Gasteiger partial charge on any atom is 0.114 e. The summed E-state index contributed by atoms with van der Waals surface area (Å²) in [7, 11) is 0. The fourth-order valence-corrected chi connectivity index (χ4v) is 4.18. The molecule has 0 aliphatic carbocycles. The van der Waals surface area contributed by atoms with Crippen LogP contribution in [0.1, 0.15) is 37.9 Å². The highest BCUT2D eigenvalue weighted by molar-refractivity contribution is 7.99. The van der Waals surface area contributed by atoms with Gasteiger partial charge in [-0.3, -0.25) is 0 Å². The molecule has 2 nitrogen and oxygen atoms in total. The lowest BCUT2D eigenvalue weighted by Gasteiger charge is -2.20. The Morgan fingerprint density at radius 2 is 2.20 bits per heavy atom. The minimum absolute atomic E-state index is 0.136. The molecule has 0 amide bonds. The number of thioether (sulfide) groups is 1. The van der Waals surface area contributed by atoms with Crippen LogP contribution in [0, 0.1) is 0 Å². The van der Waals surface area contributed by atoms with Crippen molar-refractivity contribution in [3.05, 3.63) is 16.1 Å². The number of nitrogens with two attached hydrogens (primary N) is 1. The molecule has 1 fully saturated rings. The van der Waals surface area contributed by atoms with Gasteiger partial charge in [-0.25, -0.2) is 4.98 Å². The Kier molecular flexibility index (Phi) is 2.86. The second-order valence-electron chi connectivity index (χ2n) is 5.25. The molecule has 84 valence electrons. The molecule has 1 saturated heterocycles. The molecule has 0 bridgehead atoms. The quantitative estimate of drug-likeness (QED) is 0.823. The van der Waals surface area contributed by atoms with Gasteiger partial charge in [-0.05, 0) is 12.2 Å². The van der Waals surface area contributed by atoms with Gasteiger partial charge in [0.1, 0.15) is 5.01 Å². The van der Waals surface area contributed by atoms with Crippen LogP contribution in [0.5, 0.6) is 0 Å². The lowest BCUT2D eigenvalue weighted by Crippen LogP contribution is -2.36. The summed E-state index contributed by atoms with van der Waals surface area (Å²) < 4.78 is 0. The summed E-state index contributed by atoms with van der Waals surface area (Å²) >= 11 is 3.66. The Labute approximate surface area is 99.7 Å². The fraction of sp³-hybridized carbons (Fsp3) is 0.727. The van der Waals surface area contributed by atoms with Crippen molar-refractivity contribution in [3.8, 4) is 0 Å². The minimum atomic E-state index is -0.154. The van der Waals surface area contributed by atoms with Crippen LogP contribution in [0.2, 0.25) is 0 Å². The Bertz CT molecular complexity index is 346. The van der Waals surface area contributed by atoms with Crippen LogP contribution in [0.25, 0.3) is 0 Å². The topological polar surface area (TPSA) is 38.9 Å². The second kappa shape index (κ2) is 3.75. The van der Waals surface area contributed by atoms with Gasteiger partial charge in [0.2, 0.25) is 0 Å². The molecule has 1 aromatic rings. The highest BCUT2D eigenvalue weighted by Gasteiger charge is 2.35. The number of thiazole rings is 1. The Hall–Kier alpha value is -0.0600. The van der Waals surface area contributed by atoms with Crippen molar-refractivity contribution in [2.75, 3.05) is 11.5 Å². The number of nitrogens with zero attached hydrogens (tertiary/aromatic N) is 1. The number of aromatic nitrogens is 1. The molecule has 1 aliphatic heterocycles. The van der Waals surface area contributed by atoms with E-state index in [0.29, 0.717) is 0 Å². The summed E-state index contributed by atoms with van der Waals surface area (Å²) in [6.07, 6.45) is 1.06. The van der Waals surface area contributed by atoms with Crippen molar-refractivity contribution in [2.24, 2.45) is 5.73 Å². The molecule has 1 unspecified atom stereocenters. The predicted molar refractivity (Wildman–Crippen MR) is 68.6 cm³/mol. The van der Waals surface area contributed by atoms with Crippen LogP contribution in [-0.2, 0) is 11.0 Å². The Balaban J connectivity index is 2.27. The number of hydrogen-bond donors (Lipinski definition) is 1. The molecule has 0 saturated carbocycles. The third-order valence-corrected chi connectivity index (χ3v) is 5.02. The first kappa shape index (κ1) is 11.4. The van der Waals surface area contributed by atoms with Gasteiger partial charge in [0.25, 0.3) is 0 Å². The highest BCUT2D eigenvalue weighted by atomic mass is 32.2. The summed E-state index contributed by atoms with van der Waals surface area (Å²) in [6, 6.07) is 0. The standard InChI is InChI=1S/C11H18N2S2/c1-10(2,3)8-6-15-9(13-8)11(12)4-5-14-7-11/h6H,4-5,7,12H2,1-3H3. The zero-order chi connectivity index (χ0) is 11.1. The van der Waals surface area contributed by atoms with E-state index in [1.54, 1.807) is 11.3 Å². The van der Waals surface area contributed by atoms with Gasteiger partial charge in [0, 0.05) is 16.5 Å². The van der Waals surface area contributed by atoms with Gasteiger partial charge >= 0.3 is 0 Å². The number of hydrogen-bond acceptors (Lipinski definition) is 4. The lowest BCUT2D eigenvalue weighted by atomic mass is 9.93. The number of rotatable bonds is 1. The van der Waals surface area contributed by atoms with E-state index >= 15 is 0 Å². The molecule has 2 heterocycles. The molecule has 0 radical (unpaired) electrons. The maximum atomic E-state index is 6.36. The van der Waals surface area contributed by atoms with Crippen LogP contribution in [0.3, 0.4) is 0 Å². The largest absolute Gasteiger partial charge is 0.319 e. The SMILES string of the molecule is CC(C)(C)c1csc(C2(N)CCSC2)n1. The lowest BCUT2D eigenvalue weighted by molar-refractivity contribution is 0.496. The van der Waals surface area contributed by atoms with Gasteiger partial charge in [-0.2, -0.15) is 11.8 Å². The summed E-state index contributed by atoms with van der Waals surface area (Å²) in [5.41, 5.74) is 7.52. The van der Waals surface area contributed by atoms with E-state index in [4.69, 9.17) is 10.7 Å². The van der Waals surface area contributed by atoms with E-state index < -0.39 is 0 Å². The monoisotopic (exact) mass is 242 g/mol. The van der Waals surface area contributed by atoms with Gasteiger partial charge in [0.05, 0.1) is 11.2 Å². The molecular formula is C11H18N2S2. The van der Waals surface area contributed by atoms with E-state index in [1.807, 2.05) is 11.8 Å². The summed E-state index contributed by atoms with van der Waals surface area (Å²) in [5.74, 6) is 2.19. The third kappa shape index (κ3) is 2.22. The molecular weight excluding hydrogens is 224 g/mol. The van der Waals surface area contributed by atoms with Crippen LogP contribution in [0.4, 0.5) is 0 Å². The zero-order valence-electron chi connectivity index (χ0n) is 9.54. The molecule has 0 spiro atoms. The molecule has 1 atom stereocenters. The first-order chi connectivity index (χ1) is 6.92. The van der Waals surface area contributed by atoms with Crippen molar-refractivity contribution in [1.82, 2.24) is 4.98 Å². The van der Waals surface area contributed by atoms with E-state index in [2.05, 4.69) is 26.2 Å². The van der Waals surface area contributed by atoms with Crippen molar-refractivity contribution >= 4 is 23.1 Å². The molecule has 4 heteroatoms. The molecule has 15 heavy (non-hydrogen) atoms. The average Bonchev–Trinajstić information content (AvgIpc) is 2.69. The van der Waals surface area contributed by atoms with Gasteiger partial charge < -0.3 is 5.73 Å². The molecule has 2 rings (SSSR count). The van der Waals surface area contributed by atoms with E-state index in [-0.39, 0.29) is 11.0 Å². The summed E-state index contributed by atoms with van der Waals surface area (Å²) in [4.78, 5) is 4.72. The van der Waals surface area contributed by atoms with Gasteiger partial charge in [-0.1, -0.05) is 20.8 Å². The normalized spacial score (nSPS) is 27.2. The van der Waals surface area contributed by atoms with Gasteiger partial charge in [0.15, 0.2) is 0 Å². The molecule has 1 aliphatic rings. The minimum Gasteiger partial charge on any atom is -0.319 e. The second-order valence-corrected chi connectivity index (χ2v) is 7.21. The van der Waals surface area contributed by atoms with Crippen LogP contribution < -0.4 is 5.73 Å². The highest BCUT2D eigenvalue weighted by Crippen LogP contribution is 2.37. The molecule has 1 aromatic heterocycles. The average molecular weight is 242 g/mol. The van der Waals surface area contributed by atoms with Crippen molar-refractivity contribution in [3.63, 3.8) is 0 Å². The fourth-order valence-electron chi connectivity index (χ4n) is 1.60. The van der Waals surface area contributed by atoms with Crippen molar-refractivity contribution in [1.29, 1.82) is 0 Å². The van der Waals surface area contributed by atoms with Crippen molar-refractivity contribution < 1.29 is 0 Å². The summed E-state index contributed by atoms with van der Waals surface area (Å²) in [6.45, 7) is 6.58. The van der Waals surface area contributed by atoms with E-state index in [9.17, 15) is 0 Å². The van der Waals surface area contributed by atoms with E-state index in [1.165, 1.54) is 11.4 Å². The molecule has 2 N–H and O–H groups in total. The summed E-state index contributed by atoms with van der Waals surface area (Å²) in [5, 5.41) is 3.28. The first-order valence-electron chi connectivity index (χ1n) is 5.25. The van der Waals surface area contributed by atoms with Crippen molar-refractivity contribution in [2.45, 2.75) is 38.1 Å². The Morgan fingerprint density at radius 1 is 1.47 bits per heavy atom. The maximum absolute atomic E-state index is 6.36. The molecule has 0 aromatic carbocycles. The predicted octanol–water partition coefficient (Wildman–Crippen LogP) is 2.73. The first-order valence-corrected chi connectivity index (χ1v) is 7.28. The van der Waals surface area contributed by atoms with Crippen LogP contribution >= 0.6 is 23.1 Å². The van der Waals surface area contributed by atoms with E-state index in [0.717, 1.165) is 17.2 Å². The third-order valence-electron chi connectivity index (χ3n) is 2.75. The smallest absolute Gasteiger partial charge is 0.114 e. The Morgan fingerprint density at radius 3 is 2.67 bits per heavy atom. The van der Waals surface area contributed by atoms with Crippen LogP contribution in [-0.4, -0.2) is 16.5 Å². The zero-order valence-corrected chi connectivity index (χ0v) is 11.2.